The van der Waals surface area contributed by atoms with E-state index in [1.54, 1.807) is 0 Å². The lowest BCUT2D eigenvalue weighted by Gasteiger charge is -2.31. The molecule has 0 aromatic rings. The van der Waals surface area contributed by atoms with Gasteiger partial charge in [-0.3, -0.25) is 4.79 Å². The molecule has 1 rings (SSSR count). The van der Waals surface area contributed by atoms with Crippen LogP contribution in [-0.4, -0.2) is 62.5 Å². The molecule has 5 nitrogen and oxygen atoms in total. The van der Waals surface area contributed by atoms with Gasteiger partial charge in [0.05, 0.1) is 12.7 Å². The number of hydrogen-bond acceptors (Lipinski definition) is 4. The third-order valence-corrected chi connectivity index (χ3v) is 2.76. The molecule has 0 radical (unpaired) electrons. The Morgan fingerprint density at radius 2 is 1.95 bits per heavy atom. The third-order valence-electron chi connectivity index (χ3n) is 2.76. The van der Waals surface area contributed by atoms with Gasteiger partial charge in [-0.05, 0) is 12.8 Å². The number of rotatable bonds is 6. The van der Waals surface area contributed by atoms with Gasteiger partial charge in [0, 0.05) is 19.6 Å². The van der Waals surface area contributed by atoms with Crippen molar-refractivity contribution in [1.82, 2.24) is 4.90 Å². The number of amides is 1. The molecule has 0 bridgehead atoms. The molecule has 1 amide bonds. The van der Waals surface area contributed by atoms with Crippen LogP contribution in [0.4, 0.5) is 13.2 Å². The first-order chi connectivity index (χ1) is 8.92. The molecule has 8 heteroatoms. The predicted molar refractivity (Wildman–Crippen MR) is 61.5 cm³/mol. The highest BCUT2D eigenvalue weighted by Crippen LogP contribution is 2.16. The highest BCUT2D eigenvalue weighted by Gasteiger charge is 2.29. The highest BCUT2D eigenvalue weighted by molar-refractivity contribution is 5.77. The fourth-order valence-corrected chi connectivity index (χ4v) is 1.85. The molecule has 0 saturated carbocycles. The average molecular weight is 284 g/mol. The van der Waals surface area contributed by atoms with Gasteiger partial charge in [0.2, 0.25) is 5.91 Å². The lowest BCUT2D eigenvalue weighted by atomic mass is 10.1. The van der Waals surface area contributed by atoms with E-state index in [0.717, 1.165) is 0 Å². The van der Waals surface area contributed by atoms with Crippen LogP contribution in [0.25, 0.3) is 0 Å². The van der Waals surface area contributed by atoms with E-state index >= 15 is 0 Å². The fraction of sp³-hybridized carbons (Fsp3) is 0.909. The maximum absolute atomic E-state index is 11.8. The van der Waals surface area contributed by atoms with Crippen molar-refractivity contribution in [1.29, 1.82) is 0 Å². The SMILES string of the molecule is NCCOC1CCN(C(=O)COCC(F)(F)F)CC1. The second kappa shape index (κ2) is 7.66. The van der Waals surface area contributed by atoms with Crippen LogP contribution in [0.15, 0.2) is 0 Å². The standard InChI is InChI=1S/C11H19F3N2O3/c12-11(13,14)8-18-7-10(17)16-4-1-9(2-5-16)19-6-3-15/h9H,1-8,15H2. The van der Waals surface area contributed by atoms with Crippen LogP contribution < -0.4 is 5.73 Å². The third kappa shape index (κ3) is 6.74. The van der Waals surface area contributed by atoms with Crippen molar-refractivity contribution in [3.8, 4) is 0 Å². The normalized spacial score (nSPS) is 17.8. The number of nitrogens with two attached hydrogens (primary N) is 1. The van der Waals surface area contributed by atoms with Crippen molar-refractivity contribution in [2.45, 2.75) is 25.1 Å². The number of piperidine rings is 1. The molecule has 1 saturated heterocycles. The molecule has 0 aromatic carbocycles. The number of alkyl halides is 3. The Kier molecular flexibility index (Phi) is 6.53. The largest absolute Gasteiger partial charge is 0.411 e. The molecule has 112 valence electrons. The lowest BCUT2D eigenvalue weighted by Crippen LogP contribution is -2.43. The molecule has 0 atom stereocenters. The van der Waals surface area contributed by atoms with Gasteiger partial charge >= 0.3 is 6.18 Å². The molecular formula is C11H19F3N2O3. The summed E-state index contributed by atoms with van der Waals surface area (Å²) in [6.45, 7) is -0.0483. The minimum absolute atomic E-state index is 0.0729. The maximum atomic E-state index is 11.8. The molecule has 19 heavy (non-hydrogen) atoms. The van der Waals surface area contributed by atoms with Crippen LogP contribution in [0.3, 0.4) is 0 Å². The second-order valence-corrected chi connectivity index (χ2v) is 4.35. The molecule has 2 N–H and O–H groups in total. The topological polar surface area (TPSA) is 64.8 Å². The van der Waals surface area contributed by atoms with Gasteiger partial charge < -0.3 is 20.1 Å². The number of carbonyl (C=O) groups excluding carboxylic acids is 1. The van der Waals surface area contributed by atoms with E-state index in [2.05, 4.69) is 4.74 Å². The quantitative estimate of drug-likeness (QED) is 0.773. The molecule has 0 spiro atoms. The van der Waals surface area contributed by atoms with Crippen molar-refractivity contribution in [3.05, 3.63) is 0 Å². The summed E-state index contributed by atoms with van der Waals surface area (Å²) in [5.41, 5.74) is 5.31. The minimum atomic E-state index is -4.40. The van der Waals surface area contributed by atoms with Crippen molar-refractivity contribution in [3.63, 3.8) is 0 Å². The van der Waals surface area contributed by atoms with Crippen molar-refractivity contribution < 1.29 is 27.4 Å². The van der Waals surface area contributed by atoms with E-state index in [1.807, 2.05) is 0 Å². The number of hydrogen-bond donors (Lipinski definition) is 1. The van der Waals surface area contributed by atoms with Gasteiger partial charge in [0.25, 0.3) is 0 Å². The van der Waals surface area contributed by atoms with Gasteiger partial charge in [-0.15, -0.1) is 0 Å². The Balaban J connectivity index is 2.18. The highest BCUT2D eigenvalue weighted by atomic mass is 19.4. The summed E-state index contributed by atoms with van der Waals surface area (Å²) in [7, 11) is 0. The van der Waals surface area contributed by atoms with Gasteiger partial charge in [-0.25, -0.2) is 0 Å². The average Bonchev–Trinajstić information content (AvgIpc) is 2.35. The molecular weight excluding hydrogens is 265 g/mol. The van der Waals surface area contributed by atoms with E-state index in [9.17, 15) is 18.0 Å². The summed E-state index contributed by atoms with van der Waals surface area (Å²) in [5, 5.41) is 0. The maximum Gasteiger partial charge on any atom is 0.411 e. The smallest absolute Gasteiger partial charge is 0.377 e. The zero-order chi connectivity index (χ0) is 14.3. The van der Waals surface area contributed by atoms with Gasteiger partial charge in [0.15, 0.2) is 0 Å². The van der Waals surface area contributed by atoms with E-state index in [1.165, 1.54) is 4.90 Å². The summed E-state index contributed by atoms with van der Waals surface area (Å²) in [6.07, 6.45) is -2.98. The van der Waals surface area contributed by atoms with E-state index < -0.39 is 25.3 Å². The summed E-state index contributed by atoms with van der Waals surface area (Å²) >= 11 is 0. The molecule has 1 aliphatic heterocycles. The Labute approximate surface area is 109 Å². The molecule has 0 aromatic heterocycles. The van der Waals surface area contributed by atoms with Crippen LogP contribution in [0, 0.1) is 0 Å². The first-order valence-corrected chi connectivity index (χ1v) is 6.16. The zero-order valence-electron chi connectivity index (χ0n) is 10.6. The Morgan fingerprint density at radius 1 is 1.32 bits per heavy atom. The number of ether oxygens (including phenoxy) is 2. The Hall–Kier alpha value is -0.860. The van der Waals surface area contributed by atoms with Crippen molar-refractivity contribution in [2.75, 3.05) is 39.5 Å². The van der Waals surface area contributed by atoms with Crippen LogP contribution >= 0.6 is 0 Å². The number of likely N-dealkylation sites (tertiary alicyclic amines) is 1. The summed E-state index contributed by atoms with van der Waals surface area (Å²) in [6, 6.07) is 0. The number of nitrogens with zero attached hydrogens (tertiary/aromatic N) is 1. The van der Waals surface area contributed by atoms with Crippen molar-refractivity contribution in [2.24, 2.45) is 5.73 Å². The van der Waals surface area contributed by atoms with Crippen LogP contribution in [0.5, 0.6) is 0 Å². The summed E-state index contributed by atoms with van der Waals surface area (Å²) in [5.74, 6) is -0.415. The summed E-state index contributed by atoms with van der Waals surface area (Å²) in [4.78, 5) is 13.1. The lowest BCUT2D eigenvalue weighted by molar-refractivity contribution is -0.178. The van der Waals surface area contributed by atoms with Crippen molar-refractivity contribution >= 4 is 5.91 Å². The number of halogens is 3. The minimum Gasteiger partial charge on any atom is -0.377 e. The molecule has 1 heterocycles. The Bertz CT molecular complexity index is 279. The van der Waals surface area contributed by atoms with Gasteiger partial charge in [0.1, 0.15) is 13.2 Å². The van der Waals surface area contributed by atoms with E-state index in [4.69, 9.17) is 10.5 Å². The zero-order valence-corrected chi connectivity index (χ0v) is 10.6. The van der Waals surface area contributed by atoms with Crippen LogP contribution in [-0.2, 0) is 14.3 Å². The monoisotopic (exact) mass is 284 g/mol. The predicted octanol–water partition coefficient (Wildman–Crippen LogP) is 0.532. The first-order valence-electron chi connectivity index (χ1n) is 6.16. The first kappa shape index (κ1) is 16.2. The second-order valence-electron chi connectivity index (χ2n) is 4.35. The molecule has 1 aliphatic rings. The van der Waals surface area contributed by atoms with Gasteiger partial charge in [-0.1, -0.05) is 0 Å². The van der Waals surface area contributed by atoms with E-state index in [0.29, 0.717) is 39.1 Å². The Morgan fingerprint density at radius 3 is 2.47 bits per heavy atom. The van der Waals surface area contributed by atoms with Crippen LogP contribution in [0.1, 0.15) is 12.8 Å². The molecule has 0 aliphatic carbocycles. The van der Waals surface area contributed by atoms with Crippen LogP contribution in [0.2, 0.25) is 0 Å². The molecule has 0 unspecified atom stereocenters. The summed E-state index contributed by atoms with van der Waals surface area (Å²) < 4.78 is 45.3. The van der Waals surface area contributed by atoms with E-state index in [-0.39, 0.29) is 6.10 Å². The molecule has 1 fully saturated rings. The fourth-order valence-electron chi connectivity index (χ4n) is 1.85. The number of carbonyl (C=O) groups is 1. The van der Waals surface area contributed by atoms with Gasteiger partial charge in [-0.2, -0.15) is 13.2 Å².